The first kappa shape index (κ1) is 61.7. The number of nitrogens with one attached hydrogen (secondary N) is 2. The number of nitrogens with zero attached hydrogens (tertiary/aromatic N) is 12. The number of carbonyl (C=O) groups is 4. The standard InChI is InChI=1S/2C34H29BrN8O4/c2*1-19-13-21(7-9-25(19)35)32(45)41-17-28-30(31(44)38-15-22-5-3-4-6-24(22)26-11-12-37-18-39-26)43(34(46)42(28)16-20(41)2)23-8-10-29-27(14-23)40-33(36)47-29/h2*3-14,18,20H,15-17H2,1-2H3,(H2,36,40)(H,38,44)/t2*20-/m10/s1. The number of imidazole rings is 2. The summed E-state index contributed by atoms with van der Waals surface area (Å²) in [6.45, 7) is 8.47. The molecule has 26 heteroatoms. The minimum atomic E-state index is -0.477. The maximum Gasteiger partial charge on any atom is 0.333 e. The van der Waals surface area contributed by atoms with E-state index in [0.717, 1.165) is 53.7 Å². The number of rotatable bonds is 12. The number of benzene rings is 6. The van der Waals surface area contributed by atoms with Gasteiger partial charge in [-0.15, -0.1) is 0 Å². The van der Waals surface area contributed by atoms with E-state index in [1.54, 1.807) is 92.0 Å². The number of hydrogen-bond donors (Lipinski definition) is 4. The molecule has 2 atom stereocenters. The van der Waals surface area contributed by atoms with E-state index in [0.29, 0.717) is 56.1 Å². The topological polar surface area (TPSA) is 308 Å². The predicted molar refractivity (Wildman–Crippen MR) is 358 cm³/mol. The second-order valence-electron chi connectivity index (χ2n) is 22.8. The van der Waals surface area contributed by atoms with Crippen molar-refractivity contribution in [1.82, 2.24) is 68.6 Å². The van der Waals surface area contributed by atoms with Gasteiger partial charge in [0, 0.05) is 81.9 Å². The summed E-state index contributed by atoms with van der Waals surface area (Å²) in [5, 5.41) is 6.05. The third-order valence-corrected chi connectivity index (χ3v) is 18.6. The Hall–Kier alpha value is -11.1. The van der Waals surface area contributed by atoms with Gasteiger partial charge in [-0.1, -0.05) is 80.4 Å². The quantitative estimate of drug-likeness (QED) is 0.0884. The van der Waals surface area contributed by atoms with Crippen LogP contribution >= 0.6 is 31.9 Å². The molecule has 12 aromatic rings. The molecular formula is C68H58Br2N16O8. The lowest BCUT2D eigenvalue weighted by Gasteiger charge is -2.34. The molecule has 2 aliphatic heterocycles. The zero-order valence-corrected chi connectivity index (χ0v) is 54.1. The zero-order valence-electron chi connectivity index (χ0n) is 51.0. The average molecular weight is 1390 g/mol. The number of oxazole rings is 2. The minimum Gasteiger partial charge on any atom is -0.424 e. The van der Waals surface area contributed by atoms with Crippen LogP contribution in [0, 0.1) is 13.8 Å². The first-order valence-corrected chi connectivity index (χ1v) is 31.4. The van der Waals surface area contributed by atoms with Crippen molar-refractivity contribution in [3.8, 4) is 33.9 Å². The van der Waals surface area contributed by atoms with E-state index in [-0.39, 0.29) is 86.6 Å². The van der Waals surface area contributed by atoms with Crippen LogP contribution in [0.25, 0.3) is 56.1 Å². The molecule has 14 rings (SSSR count). The van der Waals surface area contributed by atoms with E-state index in [1.165, 1.54) is 21.8 Å². The van der Waals surface area contributed by atoms with Crippen molar-refractivity contribution in [3.63, 3.8) is 0 Å². The Morgan fingerprint density at radius 2 is 0.968 bits per heavy atom. The first-order valence-electron chi connectivity index (χ1n) is 29.8. The molecule has 472 valence electrons. The van der Waals surface area contributed by atoms with Crippen LogP contribution in [0.1, 0.15) is 89.2 Å². The highest BCUT2D eigenvalue weighted by molar-refractivity contribution is 9.10. The second-order valence-corrected chi connectivity index (χ2v) is 24.5. The fourth-order valence-corrected chi connectivity index (χ4v) is 12.5. The maximum atomic E-state index is 14.3. The van der Waals surface area contributed by atoms with E-state index in [1.807, 2.05) is 100 Å². The molecule has 8 heterocycles. The van der Waals surface area contributed by atoms with Gasteiger partial charge in [0.1, 0.15) is 35.1 Å². The molecule has 0 bridgehead atoms. The van der Waals surface area contributed by atoms with E-state index < -0.39 is 23.2 Å². The summed E-state index contributed by atoms with van der Waals surface area (Å²) in [7, 11) is 0. The molecule has 6 aromatic carbocycles. The summed E-state index contributed by atoms with van der Waals surface area (Å²) in [6, 6.07) is 39.0. The van der Waals surface area contributed by atoms with Gasteiger partial charge >= 0.3 is 11.4 Å². The Labute approximate surface area is 552 Å². The van der Waals surface area contributed by atoms with Gasteiger partial charge < -0.3 is 40.7 Å². The molecule has 0 saturated carbocycles. The number of anilines is 2. The van der Waals surface area contributed by atoms with Crippen molar-refractivity contribution in [2.24, 2.45) is 0 Å². The monoisotopic (exact) mass is 1380 g/mol. The summed E-state index contributed by atoms with van der Waals surface area (Å²) >= 11 is 7.00. The highest BCUT2D eigenvalue weighted by atomic mass is 79.9. The number of fused-ring (bicyclic) bond motifs is 4. The summed E-state index contributed by atoms with van der Waals surface area (Å²) in [5.41, 5.74) is 22.2. The van der Waals surface area contributed by atoms with Gasteiger partial charge in [-0.05, 0) is 135 Å². The molecule has 6 N–H and O–H groups in total. The van der Waals surface area contributed by atoms with Crippen molar-refractivity contribution in [1.29, 1.82) is 0 Å². The molecule has 4 amide bonds. The number of nitrogens with two attached hydrogens (primary N) is 2. The molecule has 0 unspecified atom stereocenters. The van der Waals surface area contributed by atoms with Gasteiger partial charge in [0.2, 0.25) is 0 Å². The van der Waals surface area contributed by atoms with Crippen LogP contribution in [0.4, 0.5) is 12.0 Å². The Morgan fingerprint density at radius 3 is 1.36 bits per heavy atom. The van der Waals surface area contributed by atoms with Crippen LogP contribution in [0.3, 0.4) is 0 Å². The molecule has 0 fully saturated rings. The lowest BCUT2D eigenvalue weighted by Crippen LogP contribution is -2.47. The fraction of sp³-hybridized carbons (Fsp3) is 0.176. The smallest absolute Gasteiger partial charge is 0.333 e. The molecule has 6 aromatic heterocycles. The van der Waals surface area contributed by atoms with Gasteiger partial charge in [0.15, 0.2) is 11.2 Å². The normalized spacial score (nSPS) is 14.3. The molecule has 94 heavy (non-hydrogen) atoms. The number of carbonyl (C=O) groups excluding carboxylic acids is 4. The van der Waals surface area contributed by atoms with Gasteiger partial charge in [0.25, 0.3) is 35.7 Å². The lowest BCUT2D eigenvalue weighted by molar-refractivity contribution is 0.0604. The zero-order chi connectivity index (χ0) is 65.6. The van der Waals surface area contributed by atoms with Crippen molar-refractivity contribution < 1.29 is 28.0 Å². The molecule has 24 nitrogen and oxygen atoms in total. The molecule has 0 spiro atoms. The van der Waals surface area contributed by atoms with Gasteiger partial charge in [-0.25, -0.2) is 29.5 Å². The summed E-state index contributed by atoms with van der Waals surface area (Å²) in [4.78, 5) is 113. The molecular weight excluding hydrogens is 1330 g/mol. The first-order chi connectivity index (χ1) is 45.4. The van der Waals surface area contributed by atoms with Crippen molar-refractivity contribution in [2.75, 3.05) is 11.5 Å². The van der Waals surface area contributed by atoms with Crippen LogP contribution in [0.15, 0.2) is 186 Å². The van der Waals surface area contributed by atoms with Crippen LogP contribution < -0.4 is 33.5 Å². The highest BCUT2D eigenvalue weighted by Crippen LogP contribution is 2.32. The highest BCUT2D eigenvalue weighted by Gasteiger charge is 2.38. The average Bonchev–Trinajstić information content (AvgIpc) is 1.59. The van der Waals surface area contributed by atoms with Crippen LogP contribution in [0.2, 0.25) is 0 Å². The van der Waals surface area contributed by atoms with Gasteiger partial charge in [0.05, 0.1) is 47.2 Å². The molecule has 0 saturated heterocycles. The van der Waals surface area contributed by atoms with Gasteiger partial charge in [-0.3, -0.25) is 37.4 Å². The largest absolute Gasteiger partial charge is 0.424 e. The number of aromatic nitrogens is 10. The number of amides is 4. The number of halogens is 2. The van der Waals surface area contributed by atoms with E-state index in [2.05, 4.69) is 72.4 Å². The second kappa shape index (κ2) is 25.5. The lowest BCUT2D eigenvalue weighted by atomic mass is 10.0. The fourth-order valence-electron chi connectivity index (χ4n) is 12.0. The van der Waals surface area contributed by atoms with Crippen molar-refractivity contribution in [2.45, 2.75) is 79.0 Å². The Balaban J connectivity index is 0.000000171. The summed E-state index contributed by atoms with van der Waals surface area (Å²) in [5.74, 6) is -1.34. The molecule has 0 aliphatic carbocycles. The third-order valence-electron chi connectivity index (χ3n) is 16.8. The van der Waals surface area contributed by atoms with E-state index in [9.17, 15) is 28.8 Å². The Bertz CT molecular complexity index is 4800. The number of aryl methyl sites for hydroxylation is 2. The number of nitrogen functional groups attached to an aromatic ring is 2. The third kappa shape index (κ3) is 11.8. The van der Waals surface area contributed by atoms with E-state index >= 15 is 0 Å². The SMILES string of the molecule is Cc1cc(C(=O)N2Cc3c(C(=O)NCc4ccccc4-c4ccncn4)n(-c4ccc5oc(N)nc5c4)c(=O)n3C[C@@H]2C)ccc1Br.Cc1cc(C(=O)N2Cc3c(C(=O)NCc4ccccc4-c4ccncn4)n(-c4ccc5oc(N)nc5c4)c(=O)n3C[C@H]2C)ccc1Br. The number of hydrogen-bond acceptors (Lipinski definition) is 16. The van der Waals surface area contributed by atoms with Crippen molar-refractivity contribution >= 4 is 89.7 Å². The summed E-state index contributed by atoms with van der Waals surface area (Å²) < 4.78 is 18.6. The van der Waals surface area contributed by atoms with Crippen LogP contribution in [-0.2, 0) is 39.3 Å². The molecule has 0 radical (unpaired) electrons. The molecule has 2 aliphatic rings. The predicted octanol–water partition coefficient (Wildman–Crippen LogP) is 9.73. The maximum absolute atomic E-state index is 14.3. The van der Waals surface area contributed by atoms with Crippen LogP contribution in [0.5, 0.6) is 0 Å². The summed E-state index contributed by atoms with van der Waals surface area (Å²) in [6.07, 6.45) is 6.26. The Morgan fingerprint density at radius 1 is 0.553 bits per heavy atom. The minimum absolute atomic E-state index is 0.00727. The van der Waals surface area contributed by atoms with E-state index in [4.69, 9.17) is 20.3 Å². The van der Waals surface area contributed by atoms with Gasteiger partial charge in [-0.2, -0.15) is 9.97 Å². The van der Waals surface area contributed by atoms with Crippen molar-refractivity contribution in [3.05, 3.63) is 245 Å². The van der Waals surface area contributed by atoms with Crippen LogP contribution in [-0.4, -0.2) is 93.7 Å². The Kier molecular flexibility index (Phi) is 16.8.